The molecule has 0 aliphatic rings. The van der Waals surface area contributed by atoms with Gasteiger partial charge >= 0.3 is 17.7 Å². The SMILES string of the molecule is COC(=O)Cc1cc(Cn2c(=O)[nH]c3c(N)nc(OCCO)nc32)cc(C)n1. The van der Waals surface area contributed by atoms with Crippen molar-refractivity contribution in [2.24, 2.45) is 0 Å². The number of carbonyl (C=O) groups is 1. The topological polar surface area (TPSA) is 158 Å². The number of nitrogen functional groups attached to an aromatic ring is 1. The molecule has 0 saturated carbocycles. The van der Waals surface area contributed by atoms with Gasteiger partial charge in [-0.3, -0.25) is 14.3 Å². The number of carbonyl (C=O) groups excluding carboxylic acids is 1. The molecular formula is C17H20N6O5. The van der Waals surface area contributed by atoms with Gasteiger partial charge in [0.1, 0.15) is 12.1 Å². The molecule has 3 aromatic rings. The zero-order valence-electron chi connectivity index (χ0n) is 15.4. The molecule has 0 radical (unpaired) electrons. The number of nitrogens with one attached hydrogen (secondary N) is 1. The Morgan fingerprint density at radius 2 is 2.11 bits per heavy atom. The summed E-state index contributed by atoms with van der Waals surface area (Å²) in [6.45, 7) is 1.76. The lowest BCUT2D eigenvalue weighted by Crippen LogP contribution is -2.18. The largest absolute Gasteiger partial charge is 0.469 e. The maximum absolute atomic E-state index is 12.4. The number of hydrogen-bond donors (Lipinski definition) is 3. The van der Waals surface area contributed by atoms with Gasteiger partial charge in [-0.15, -0.1) is 0 Å². The molecule has 11 heteroatoms. The van der Waals surface area contributed by atoms with Gasteiger partial charge in [0.25, 0.3) is 0 Å². The number of fused-ring (bicyclic) bond motifs is 1. The first-order valence-electron chi connectivity index (χ1n) is 8.44. The second-order valence-electron chi connectivity index (χ2n) is 6.04. The second-order valence-corrected chi connectivity index (χ2v) is 6.04. The van der Waals surface area contributed by atoms with Crippen LogP contribution in [0.25, 0.3) is 11.2 Å². The lowest BCUT2D eigenvalue weighted by atomic mass is 10.1. The maximum Gasteiger partial charge on any atom is 0.328 e. The van der Waals surface area contributed by atoms with Gasteiger partial charge in [0.05, 0.1) is 32.4 Å². The van der Waals surface area contributed by atoms with Crippen molar-refractivity contribution in [3.63, 3.8) is 0 Å². The number of aliphatic hydroxyl groups is 1. The van der Waals surface area contributed by atoms with Crippen molar-refractivity contribution in [2.45, 2.75) is 19.9 Å². The van der Waals surface area contributed by atoms with E-state index in [1.165, 1.54) is 11.7 Å². The molecule has 3 heterocycles. The quantitative estimate of drug-likeness (QED) is 0.455. The summed E-state index contributed by atoms with van der Waals surface area (Å²) in [6.07, 6.45) is 0.0300. The van der Waals surface area contributed by atoms with Crippen molar-refractivity contribution in [2.75, 3.05) is 26.1 Å². The van der Waals surface area contributed by atoms with Crippen LogP contribution in [0, 0.1) is 6.92 Å². The Labute approximate surface area is 159 Å². The van der Waals surface area contributed by atoms with E-state index < -0.39 is 11.7 Å². The number of aliphatic hydroxyl groups excluding tert-OH is 1. The van der Waals surface area contributed by atoms with Crippen LogP contribution in [-0.4, -0.2) is 55.9 Å². The minimum Gasteiger partial charge on any atom is -0.469 e. The van der Waals surface area contributed by atoms with E-state index in [2.05, 4.69) is 24.7 Å². The van der Waals surface area contributed by atoms with Crippen molar-refractivity contribution in [3.05, 3.63) is 39.6 Å². The van der Waals surface area contributed by atoms with Gasteiger partial charge in [-0.1, -0.05) is 0 Å². The van der Waals surface area contributed by atoms with Crippen LogP contribution in [0.4, 0.5) is 5.82 Å². The number of aryl methyl sites for hydroxylation is 1. The lowest BCUT2D eigenvalue weighted by Gasteiger charge is -2.08. The van der Waals surface area contributed by atoms with E-state index in [-0.39, 0.29) is 43.7 Å². The number of ether oxygens (including phenoxy) is 2. The molecule has 0 bridgehead atoms. The van der Waals surface area contributed by atoms with Crippen LogP contribution in [0.5, 0.6) is 6.01 Å². The van der Waals surface area contributed by atoms with Gasteiger partial charge < -0.3 is 25.3 Å². The molecule has 3 aromatic heterocycles. The fourth-order valence-corrected chi connectivity index (χ4v) is 2.78. The van der Waals surface area contributed by atoms with Crippen LogP contribution in [0.15, 0.2) is 16.9 Å². The van der Waals surface area contributed by atoms with Gasteiger partial charge in [0.15, 0.2) is 11.5 Å². The van der Waals surface area contributed by atoms with Crippen molar-refractivity contribution in [1.29, 1.82) is 0 Å². The molecule has 4 N–H and O–H groups in total. The van der Waals surface area contributed by atoms with Gasteiger partial charge in [0.2, 0.25) is 0 Å². The summed E-state index contributed by atoms with van der Waals surface area (Å²) in [6, 6.07) is 3.49. The molecule has 0 spiro atoms. The summed E-state index contributed by atoms with van der Waals surface area (Å²) in [7, 11) is 1.31. The van der Waals surface area contributed by atoms with Gasteiger partial charge in [-0.2, -0.15) is 9.97 Å². The minimum absolute atomic E-state index is 0.0000389. The highest BCUT2D eigenvalue weighted by atomic mass is 16.5. The third-order valence-corrected chi connectivity index (χ3v) is 3.91. The Morgan fingerprint density at radius 3 is 2.82 bits per heavy atom. The summed E-state index contributed by atoms with van der Waals surface area (Å²) in [5.41, 5.74) is 8.02. The predicted molar refractivity (Wildman–Crippen MR) is 98.9 cm³/mol. The average molecular weight is 388 g/mol. The number of nitrogens with two attached hydrogens (primary N) is 1. The van der Waals surface area contributed by atoms with E-state index in [1.54, 1.807) is 19.1 Å². The smallest absolute Gasteiger partial charge is 0.328 e. The number of anilines is 1. The Morgan fingerprint density at radius 1 is 1.32 bits per heavy atom. The molecule has 3 rings (SSSR count). The van der Waals surface area contributed by atoms with Crippen LogP contribution in [0.2, 0.25) is 0 Å². The van der Waals surface area contributed by atoms with Crippen molar-refractivity contribution in [3.8, 4) is 6.01 Å². The number of aromatic amines is 1. The lowest BCUT2D eigenvalue weighted by molar-refractivity contribution is -0.139. The summed E-state index contributed by atoms with van der Waals surface area (Å²) < 4.78 is 11.3. The highest BCUT2D eigenvalue weighted by Crippen LogP contribution is 2.19. The zero-order valence-corrected chi connectivity index (χ0v) is 15.4. The van der Waals surface area contributed by atoms with Gasteiger partial charge in [-0.25, -0.2) is 4.79 Å². The summed E-state index contributed by atoms with van der Waals surface area (Å²) >= 11 is 0. The second kappa shape index (κ2) is 8.05. The van der Waals surface area contributed by atoms with Crippen molar-refractivity contribution >= 4 is 23.0 Å². The fraction of sp³-hybridized carbons (Fsp3) is 0.353. The molecule has 0 aliphatic carbocycles. The molecule has 11 nitrogen and oxygen atoms in total. The number of imidazole rings is 1. The zero-order chi connectivity index (χ0) is 20.3. The summed E-state index contributed by atoms with van der Waals surface area (Å²) in [5, 5.41) is 8.88. The number of H-pyrrole nitrogens is 1. The van der Waals surface area contributed by atoms with E-state index in [1.807, 2.05) is 0 Å². The number of nitrogens with zero attached hydrogens (tertiary/aromatic N) is 4. The molecule has 0 aromatic carbocycles. The number of methoxy groups -OCH3 is 1. The summed E-state index contributed by atoms with van der Waals surface area (Å²) in [4.78, 5) is 39.1. The Balaban J connectivity index is 2.00. The molecule has 0 saturated heterocycles. The van der Waals surface area contributed by atoms with E-state index in [9.17, 15) is 9.59 Å². The Kier molecular flexibility index (Phi) is 5.54. The molecule has 0 atom stereocenters. The summed E-state index contributed by atoms with van der Waals surface area (Å²) in [5.74, 6) is -0.342. The maximum atomic E-state index is 12.4. The van der Waals surface area contributed by atoms with Crippen LogP contribution < -0.4 is 16.2 Å². The monoisotopic (exact) mass is 388 g/mol. The molecule has 0 aliphatic heterocycles. The third-order valence-electron chi connectivity index (χ3n) is 3.91. The average Bonchev–Trinajstić information content (AvgIpc) is 2.96. The molecule has 0 amide bonds. The highest BCUT2D eigenvalue weighted by Gasteiger charge is 2.16. The number of pyridine rings is 1. The first-order chi connectivity index (χ1) is 13.4. The Hall–Kier alpha value is -3.47. The first kappa shape index (κ1) is 19.3. The first-order valence-corrected chi connectivity index (χ1v) is 8.44. The normalized spacial score (nSPS) is 11.0. The standard InChI is InChI=1S/C17H20N6O5/c1-9-5-10(6-11(19-9)7-12(25)27-2)8-23-15-13(20-17(23)26)14(18)21-16(22-15)28-4-3-24/h5-6,24H,3-4,7-8H2,1-2H3,(H,20,26)(H2,18,21,22). The van der Waals surface area contributed by atoms with Crippen molar-refractivity contribution in [1.82, 2.24) is 24.5 Å². The molecule has 0 unspecified atom stereocenters. The molecule has 0 fully saturated rings. The van der Waals surface area contributed by atoms with E-state index in [0.717, 1.165) is 5.56 Å². The van der Waals surface area contributed by atoms with Gasteiger partial charge in [0, 0.05) is 5.69 Å². The molecular weight excluding hydrogens is 368 g/mol. The number of esters is 1. The number of hydrogen-bond acceptors (Lipinski definition) is 9. The fourth-order valence-electron chi connectivity index (χ4n) is 2.78. The van der Waals surface area contributed by atoms with Gasteiger partial charge in [-0.05, 0) is 24.6 Å². The van der Waals surface area contributed by atoms with Crippen molar-refractivity contribution < 1.29 is 19.4 Å². The predicted octanol–water partition coefficient (Wildman–Crippen LogP) is -0.460. The van der Waals surface area contributed by atoms with Crippen LogP contribution >= 0.6 is 0 Å². The highest BCUT2D eigenvalue weighted by molar-refractivity contribution is 5.82. The molecule has 148 valence electrons. The number of aromatic nitrogens is 5. The van der Waals surface area contributed by atoms with E-state index in [0.29, 0.717) is 16.9 Å². The van der Waals surface area contributed by atoms with Crippen LogP contribution in [-0.2, 0) is 22.5 Å². The third kappa shape index (κ3) is 4.09. The van der Waals surface area contributed by atoms with E-state index in [4.69, 9.17) is 15.6 Å². The van der Waals surface area contributed by atoms with Crippen LogP contribution in [0.1, 0.15) is 17.0 Å². The molecule has 28 heavy (non-hydrogen) atoms. The Bertz CT molecular complexity index is 1070. The van der Waals surface area contributed by atoms with E-state index >= 15 is 0 Å². The van der Waals surface area contributed by atoms with Crippen LogP contribution in [0.3, 0.4) is 0 Å². The number of rotatable bonds is 7. The minimum atomic E-state index is -0.417.